The molecule has 0 aliphatic heterocycles. The first-order valence-electron chi connectivity index (χ1n) is 6.20. The maximum Gasteiger partial charge on any atom is 0.130 e. The fraction of sp³-hybridized carbons (Fsp3) is 0.615. The van der Waals surface area contributed by atoms with Gasteiger partial charge in [-0.2, -0.15) is 0 Å². The van der Waals surface area contributed by atoms with E-state index >= 15 is 0 Å². The standard InChI is InChI=1S/C13H20N2O/c1-2-16-11-8-9-15-13(14)12(11)10-6-4-3-5-7-10/h8-10H,2-7H2,1H3,(H2,14,15). The highest BCUT2D eigenvalue weighted by Crippen LogP contribution is 2.39. The summed E-state index contributed by atoms with van der Waals surface area (Å²) < 4.78 is 5.65. The van der Waals surface area contributed by atoms with Gasteiger partial charge in [-0.15, -0.1) is 0 Å². The molecule has 0 unspecified atom stereocenters. The van der Waals surface area contributed by atoms with Crippen molar-refractivity contribution in [2.45, 2.75) is 44.9 Å². The molecule has 16 heavy (non-hydrogen) atoms. The summed E-state index contributed by atoms with van der Waals surface area (Å²) in [5, 5.41) is 0. The second-order valence-electron chi connectivity index (χ2n) is 4.38. The Hall–Kier alpha value is -1.25. The summed E-state index contributed by atoms with van der Waals surface area (Å²) in [5.41, 5.74) is 7.13. The molecule has 1 aromatic rings. The van der Waals surface area contributed by atoms with Crippen LogP contribution in [0.2, 0.25) is 0 Å². The first-order valence-corrected chi connectivity index (χ1v) is 6.20. The number of nitrogen functional groups attached to an aromatic ring is 1. The highest BCUT2D eigenvalue weighted by Gasteiger charge is 2.22. The van der Waals surface area contributed by atoms with Crippen molar-refractivity contribution in [3.8, 4) is 5.75 Å². The molecule has 1 heterocycles. The molecule has 0 atom stereocenters. The van der Waals surface area contributed by atoms with Gasteiger partial charge in [-0.1, -0.05) is 19.3 Å². The SMILES string of the molecule is CCOc1ccnc(N)c1C1CCCCC1. The molecule has 0 aromatic carbocycles. The van der Waals surface area contributed by atoms with E-state index in [2.05, 4.69) is 4.98 Å². The van der Waals surface area contributed by atoms with Crippen LogP contribution in [0.1, 0.15) is 50.5 Å². The summed E-state index contributed by atoms with van der Waals surface area (Å²) in [6.07, 6.45) is 8.11. The van der Waals surface area contributed by atoms with Crippen LogP contribution in [0.15, 0.2) is 12.3 Å². The minimum atomic E-state index is 0.545. The minimum absolute atomic E-state index is 0.545. The second kappa shape index (κ2) is 5.19. The molecule has 3 nitrogen and oxygen atoms in total. The molecule has 1 saturated carbocycles. The van der Waals surface area contributed by atoms with Gasteiger partial charge in [-0.25, -0.2) is 4.98 Å². The van der Waals surface area contributed by atoms with Crippen molar-refractivity contribution in [2.24, 2.45) is 0 Å². The molecule has 1 aliphatic carbocycles. The van der Waals surface area contributed by atoms with Crippen LogP contribution in [0, 0.1) is 0 Å². The molecule has 88 valence electrons. The third kappa shape index (κ3) is 2.29. The topological polar surface area (TPSA) is 48.1 Å². The van der Waals surface area contributed by atoms with Crippen LogP contribution in [0.4, 0.5) is 5.82 Å². The van der Waals surface area contributed by atoms with E-state index in [1.807, 2.05) is 13.0 Å². The number of nitrogens with two attached hydrogens (primary N) is 1. The van der Waals surface area contributed by atoms with Crippen molar-refractivity contribution in [2.75, 3.05) is 12.3 Å². The molecule has 1 fully saturated rings. The maximum absolute atomic E-state index is 5.99. The van der Waals surface area contributed by atoms with Crippen molar-refractivity contribution < 1.29 is 4.74 Å². The Kier molecular flexibility index (Phi) is 3.65. The molecule has 2 rings (SSSR count). The van der Waals surface area contributed by atoms with Crippen LogP contribution in [0.5, 0.6) is 5.75 Å². The summed E-state index contributed by atoms with van der Waals surface area (Å²) in [7, 11) is 0. The molecular weight excluding hydrogens is 200 g/mol. The minimum Gasteiger partial charge on any atom is -0.493 e. The van der Waals surface area contributed by atoms with E-state index in [1.165, 1.54) is 32.1 Å². The van der Waals surface area contributed by atoms with Gasteiger partial charge >= 0.3 is 0 Å². The van der Waals surface area contributed by atoms with Crippen molar-refractivity contribution in [3.63, 3.8) is 0 Å². The zero-order valence-electron chi connectivity index (χ0n) is 9.91. The average Bonchev–Trinajstić information content (AvgIpc) is 2.31. The fourth-order valence-electron chi connectivity index (χ4n) is 2.55. The number of nitrogens with zero attached hydrogens (tertiary/aromatic N) is 1. The summed E-state index contributed by atoms with van der Waals surface area (Å²) in [6.45, 7) is 2.68. The van der Waals surface area contributed by atoms with Gasteiger partial charge < -0.3 is 10.5 Å². The summed E-state index contributed by atoms with van der Waals surface area (Å²) in [6, 6.07) is 1.93. The van der Waals surface area contributed by atoms with E-state index in [9.17, 15) is 0 Å². The molecular formula is C13H20N2O. The van der Waals surface area contributed by atoms with Gasteiger partial charge in [-0.3, -0.25) is 0 Å². The summed E-state index contributed by atoms with van der Waals surface area (Å²) >= 11 is 0. The van der Waals surface area contributed by atoms with Gasteiger partial charge in [0, 0.05) is 11.8 Å². The van der Waals surface area contributed by atoms with E-state index in [4.69, 9.17) is 10.5 Å². The number of hydrogen-bond donors (Lipinski definition) is 1. The van der Waals surface area contributed by atoms with Gasteiger partial charge in [0.2, 0.25) is 0 Å². The van der Waals surface area contributed by atoms with Crippen LogP contribution in [-0.4, -0.2) is 11.6 Å². The number of rotatable bonds is 3. The molecule has 2 N–H and O–H groups in total. The van der Waals surface area contributed by atoms with E-state index in [0.717, 1.165) is 11.3 Å². The largest absolute Gasteiger partial charge is 0.493 e. The van der Waals surface area contributed by atoms with E-state index < -0.39 is 0 Å². The Bertz CT molecular complexity index is 346. The first-order chi connectivity index (χ1) is 7.83. The van der Waals surface area contributed by atoms with E-state index in [1.54, 1.807) is 6.20 Å². The van der Waals surface area contributed by atoms with E-state index in [-0.39, 0.29) is 0 Å². The van der Waals surface area contributed by atoms with Gasteiger partial charge in [-0.05, 0) is 31.7 Å². The first kappa shape index (κ1) is 11.2. The molecule has 1 aliphatic rings. The van der Waals surface area contributed by atoms with Crippen LogP contribution < -0.4 is 10.5 Å². The van der Waals surface area contributed by atoms with Gasteiger partial charge in [0.25, 0.3) is 0 Å². The molecule has 0 radical (unpaired) electrons. The monoisotopic (exact) mass is 220 g/mol. The lowest BCUT2D eigenvalue weighted by Crippen LogP contribution is -2.11. The van der Waals surface area contributed by atoms with Gasteiger partial charge in [0.1, 0.15) is 11.6 Å². The molecule has 3 heteroatoms. The predicted molar refractivity (Wildman–Crippen MR) is 65.6 cm³/mol. The Morgan fingerprint density at radius 2 is 2.12 bits per heavy atom. The lowest BCUT2D eigenvalue weighted by Gasteiger charge is -2.24. The van der Waals surface area contributed by atoms with Crippen LogP contribution >= 0.6 is 0 Å². The molecule has 0 amide bonds. The number of pyridine rings is 1. The zero-order chi connectivity index (χ0) is 11.4. The highest BCUT2D eigenvalue weighted by atomic mass is 16.5. The third-order valence-corrected chi connectivity index (χ3v) is 3.29. The van der Waals surface area contributed by atoms with Gasteiger partial charge in [0.05, 0.1) is 6.61 Å². The normalized spacial score (nSPS) is 17.3. The maximum atomic E-state index is 5.99. The summed E-state index contributed by atoms with van der Waals surface area (Å²) in [4.78, 5) is 4.20. The van der Waals surface area contributed by atoms with Crippen molar-refractivity contribution in [3.05, 3.63) is 17.8 Å². The highest BCUT2D eigenvalue weighted by molar-refractivity contribution is 5.50. The smallest absolute Gasteiger partial charge is 0.130 e. The lowest BCUT2D eigenvalue weighted by molar-refractivity contribution is 0.328. The third-order valence-electron chi connectivity index (χ3n) is 3.29. The number of anilines is 1. The van der Waals surface area contributed by atoms with Gasteiger partial charge in [0.15, 0.2) is 0 Å². The lowest BCUT2D eigenvalue weighted by atomic mass is 9.84. The average molecular weight is 220 g/mol. The summed E-state index contributed by atoms with van der Waals surface area (Å²) in [5.74, 6) is 2.13. The molecule has 0 saturated heterocycles. The van der Waals surface area contributed by atoms with Crippen LogP contribution in [-0.2, 0) is 0 Å². The second-order valence-corrected chi connectivity index (χ2v) is 4.38. The number of hydrogen-bond acceptors (Lipinski definition) is 3. The fourth-order valence-corrected chi connectivity index (χ4v) is 2.55. The van der Waals surface area contributed by atoms with Crippen LogP contribution in [0.3, 0.4) is 0 Å². The van der Waals surface area contributed by atoms with Crippen molar-refractivity contribution >= 4 is 5.82 Å². The molecule has 1 aromatic heterocycles. The Morgan fingerprint density at radius 3 is 2.81 bits per heavy atom. The Labute approximate surface area is 97.0 Å². The van der Waals surface area contributed by atoms with E-state index in [0.29, 0.717) is 18.3 Å². The Balaban J connectivity index is 2.28. The predicted octanol–water partition coefficient (Wildman–Crippen LogP) is 3.11. The van der Waals surface area contributed by atoms with Crippen molar-refractivity contribution in [1.82, 2.24) is 4.98 Å². The molecule has 0 spiro atoms. The number of aromatic nitrogens is 1. The van der Waals surface area contributed by atoms with Crippen LogP contribution in [0.25, 0.3) is 0 Å². The van der Waals surface area contributed by atoms with Crippen molar-refractivity contribution in [1.29, 1.82) is 0 Å². The quantitative estimate of drug-likeness (QED) is 0.851. The Morgan fingerprint density at radius 1 is 1.38 bits per heavy atom. The number of ether oxygens (including phenoxy) is 1. The molecule has 0 bridgehead atoms. The zero-order valence-corrected chi connectivity index (χ0v) is 9.91.